The Morgan fingerprint density at radius 2 is 1.35 bits per heavy atom. The third-order valence-corrected chi connectivity index (χ3v) is 6.44. The van der Waals surface area contributed by atoms with E-state index in [1.807, 2.05) is 0 Å². The summed E-state index contributed by atoms with van der Waals surface area (Å²) >= 11 is 0. The highest BCUT2D eigenvalue weighted by Crippen LogP contribution is 2.24. The average molecular weight is 489 g/mol. The van der Waals surface area contributed by atoms with Gasteiger partial charge in [0.1, 0.15) is 17.7 Å². The fourth-order valence-electron chi connectivity index (χ4n) is 3.17. The maximum atomic E-state index is 13.3. The first kappa shape index (κ1) is 25.0. The standard InChI is InChI=1S/C24H22F2N2O5S/c1-14(2)22(24(30)31)28-34(32,33)21-9-5-16(6-10-21)15-3-7-20(8-4-15)27-23(29)17-11-18(25)13-19(26)12-17/h3-14,22,28H,1-2H3,(H,27,29)(H,30,31)/t22-/m0/s1. The predicted octanol–water partition coefficient (Wildman–Crippen LogP) is 4.27. The lowest BCUT2D eigenvalue weighted by molar-refractivity contribution is -0.140. The van der Waals surface area contributed by atoms with Gasteiger partial charge in [0.2, 0.25) is 10.0 Å². The van der Waals surface area contributed by atoms with E-state index in [2.05, 4.69) is 10.0 Å². The van der Waals surface area contributed by atoms with Crippen LogP contribution < -0.4 is 10.0 Å². The van der Waals surface area contributed by atoms with Crippen LogP contribution in [0.5, 0.6) is 0 Å². The number of carboxylic acid groups (broad SMARTS) is 1. The fraction of sp³-hybridized carbons (Fsp3) is 0.167. The van der Waals surface area contributed by atoms with Gasteiger partial charge in [0.05, 0.1) is 4.90 Å². The van der Waals surface area contributed by atoms with E-state index in [0.717, 1.165) is 17.7 Å². The monoisotopic (exact) mass is 488 g/mol. The van der Waals surface area contributed by atoms with Crippen LogP contribution in [0.4, 0.5) is 14.5 Å². The number of anilines is 1. The maximum absolute atomic E-state index is 13.3. The molecule has 0 saturated carbocycles. The lowest BCUT2D eigenvalue weighted by Gasteiger charge is -2.18. The molecule has 0 radical (unpaired) electrons. The van der Waals surface area contributed by atoms with Gasteiger partial charge in [-0.2, -0.15) is 4.72 Å². The Balaban J connectivity index is 1.72. The van der Waals surface area contributed by atoms with Crippen LogP contribution in [0.15, 0.2) is 71.6 Å². The van der Waals surface area contributed by atoms with Crippen molar-refractivity contribution in [3.8, 4) is 11.1 Å². The fourth-order valence-corrected chi connectivity index (χ4v) is 4.51. The third-order valence-electron chi connectivity index (χ3n) is 4.98. The van der Waals surface area contributed by atoms with Crippen LogP contribution in [-0.4, -0.2) is 31.4 Å². The van der Waals surface area contributed by atoms with Crippen LogP contribution >= 0.6 is 0 Å². The van der Waals surface area contributed by atoms with Crippen molar-refractivity contribution in [1.29, 1.82) is 0 Å². The summed E-state index contributed by atoms with van der Waals surface area (Å²) in [7, 11) is -4.03. The van der Waals surface area contributed by atoms with E-state index in [0.29, 0.717) is 17.3 Å². The van der Waals surface area contributed by atoms with Gasteiger partial charge in [0, 0.05) is 17.3 Å². The van der Waals surface area contributed by atoms with E-state index in [4.69, 9.17) is 0 Å². The van der Waals surface area contributed by atoms with Gasteiger partial charge in [0.15, 0.2) is 0 Å². The van der Waals surface area contributed by atoms with Gasteiger partial charge in [0.25, 0.3) is 5.91 Å². The average Bonchev–Trinajstić information content (AvgIpc) is 2.77. The molecule has 0 unspecified atom stereocenters. The van der Waals surface area contributed by atoms with Gasteiger partial charge in [-0.3, -0.25) is 9.59 Å². The second kappa shape index (κ2) is 10.1. The molecule has 0 aliphatic rings. The van der Waals surface area contributed by atoms with Crippen molar-refractivity contribution < 1.29 is 31.9 Å². The molecule has 0 fully saturated rings. The lowest BCUT2D eigenvalue weighted by atomic mass is 10.1. The van der Waals surface area contributed by atoms with Crippen molar-refractivity contribution in [3.63, 3.8) is 0 Å². The molecule has 3 rings (SSSR count). The van der Waals surface area contributed by atoms with E-state index in [1.165, 1.54) is 12.1 Å². The smallest absolute Gasteiger partial charge is 0.322 e. The summed E-state index contributed by atoms with van der Waals surface area (Å²) in [5.41, 5.74) is 1.64. The Labute approximate surface area is 195 Å². The molecule has 3 N–H and O–H groups in total. The molecule has 0 saturated heterocycles. The van der Waals surface area contributed by atoms with Crippen LogP contribution in [0, 0.1) is 17.6 Å². The number of halogens is 2. The van der Waals surface area contributed by atoms with Crippen molar-refractivity contribution in [2.24, 2.45) is 5.92 Å². The summed E-state index contributed by atoms with van der Waals surface area (Å²) in [6, 6.07) is 13.7. The van der Waals surface area contributed by atoms with Gasteiger partial charge in [-0.15, -0.1) is 0 Å². The van der Waals surface area contributed by atoms with Gasteiger partial charge < -0.3 is 10.4 Å². The first-order chi connectivity index (χ1) is 16.0. The van der Waals surface area contributed by atoms with Crippen molar-refractivity contribution in [2.75, 3.05) is 5.32 Å². The Bertz CT molecular complexity index is 1290. The first-order valence-electron chi connectivity index (χ1n) is 10.2. The highest BCUT2D eigenvalue weighted by molar-refractivity contribution is 7.89. The largest absolute Gasteiger partial charge is 0.480 e. The quantitative estimate of drug-likeness (QED) is 0.438. The molecule has 0 heterocycles. The number of carbonyl (C=O) groups excluding carboxylic acids is 1. The molecule has 0 bridgehead atoms. The minimum Gasteiger partial charge on any atom is -0.480 e. The van der Waals surface area contributed by atoms with Crippen molar-refractivity contribution in [3.05, 3.63) is 83.9 Å². The molecule has 7 nitrogen and oxygen atoms in total. The molecular weight excluding hydrogens is 466 g/mol. The summed E-state index contributed by atoms with van der Waals surface area (Å²) in [4.78, 5) is 23.5. The number of carboxylic acids is 1. The summed E-state index contributed by atoms with van der Waals surface area (Å²) in [5, 5.41) is 11.8. The number of rotatable bonds is 8. The topological polar surface area (TPSA) is 113 Å². The highest BCUT2D eigenvalue weighted by Gasteiger charge is 2.28. The third kappa shape index (κ3) is 6.03. The molecular formula is C24H22F2N2O5S. The van der Waals surface area contributed by atoms with Gasteiger partial charge in [-0.1, -0.05) is 38.1 Å². The van der Waals surface area contributed by atoms with Crippen LogP contribution in [0.2, 0.25) is 0 Å². The number of aliphatic carboxylic acids is 1. The number of amides is 1. The first-order valence-corrected chi connectivity index (χ1v) is 11.7. The highest BCUT2D eigenvalue weighted by atomic mass is 32.2. The molecule has 3 aromatic carbocycles. The molecule has 0 aromatic heterocycles. The molecule has 3 aromatic rings. The van der Waals surface area contributed by atoms with Crippen molar-refractivity contribution in [2.45, 2.75) is 24.8 Å². The van der Waals surface area contributed by atoms with E-state index in [9.17, 15) is 31.9 Å². The zero-order valence-corrected chi connectivity index (χ0v) is 19.1. The number of carbonyl (C=O) groups is 2. The molecule has 10 heteroatoms. The molecule has 1 amide bonds. The Hall–Kier alpha value is -3.63. The Morgan fingerprint density at radius 1 is 0.853 bits per heavy atom. The number of hydrogen-bond donors (Lipinski definition) is 3. The lowest BCUT2D eigenvalue weighted by Crippen LogP contribution is -2.44. The van der Waals surface area contributed by atoms with Gasteiger partial charge in [-0.05, 0) is 53.4 Å². The normalized spacial score (nSPS) is 12.4. The second-order valence-corrected chi connectivity index (χ2v) is 9.61. The summed E-state index contributed by atoms with van der Waals surface area (Å²) in [5.74, 6) is -4.09. The van der Waals surface area contributed by atoms with Gasteiger partial charge >= 0.3 is 5.97 Å². The zero-order chi connectivity index (χ0) is 25.0. The van der Waals surface area contributed by atoms with Crippen LogP contribution in [0.3, 0.4) is 0 Å². The molecule has 0 spiro atoms. The molecule has 0 aliphatic carbocycles. The van der Waals surface area contributed by atoms with Crippen LogP contribution in [0.1, 0.15) is 24.2 Å². The van der Waals surface area contributed by atoms with E-state index in [1.54, 1.807) is 50.2 Å². The van der Waals surface area contributed by atoms with Crippen LogP contribution in [0.25, 0.3) is 11.1 Å². The van der Waals surface area contributed by atoms with Gasteiger partial charge in [-0.25, -0.2) is 17.2 Å². The summed E-state index contributed by atoms with van der Waals surface area (Å²) in [6.45, 7) is 3.21. The molecule has 34 heavy (non-hydrogen) atoms. The van der Waals surface area contributed by atoms with Crippen LogP contribution in [-0.2, 0) is 14.8 Å². The number of hydrogen-bond acceptors (Lipinski definition) is 4. The Kier molecular flexibility index (Phi) is 7.43. The van der Waals surface area contributed by atoms with E-state index < -0.39 is 45.5 Å². The minimum atomic E-state index is -4.03. The second-order valence-electron chi connectivity index (χ2n) is 7.90. The number of benzene rings is 3. The molecule has 0 aliphatic heterocycles. The number of sulfonamides is 1. The number of nitrogens with one attached hydrogen (secondary N) is 2. The molecule has 178 valence electrons. The van der Waals surface area contributed by atoms with Crippen molar-refractivity contribution in [1.82, 2.24) is 4.72 Å². The van der Waals surface area contributed by atoms with Crippen molar-refractivity contribution >= 4 is 27.6 Å². The summed E-state index contributed by atoms with van der Waals surface area (Å²) in [6.07, 6.45) is 0. The zero-order valence-electron chi connectivity index (χ0n) is 18.2. The minimum absolute atomic E-state index is 0.0747. The van der Waals surface area contributed by atoms with E-state index >= 15 is 0 Å². The maximum Gasteiger partial charge on any atom is 0.322 e. The predicted molar refractivity (Wildman–Crippen MR) is 123 cm³/mol. The SMILES string of the molecule is CC(C)[C@H](NS(=O)(=O)c1ccc(-c2ccc(NC(=O)c3cc(F)cc(F)c3)cc2)cc1)C(=O)O. The van der Waals surface area contributed by atoms with E-state index in [-0.39, 0.29) is 10.5 Å². The molecule has 1 atom stereocenters. The summed E-state index contributed by atoms with van der Waals surface area (Å²) < 4.78 is 53.9. The Morgan fingerprint density at radius 3 is 1.82 bits per heavy atom.